The standard InChI is InChI=1S/C3HF3N2OS/c4-3(5,6)1-7-2(10)9-8-1/h(H,7,8,10). The quantitative estimate of drug-likeness (QED) is 0.603. The topological polar surface area (TPSA) is 41.8 Å². The summed E-state index contributed by atoms with van der Waals surface area (Å²) in [6.45, 7) is 0. The number of nitrogens with zero attached hydrogens (tertiary/aromatic N) is 1. The van der Waals surface area contributed by atoms with E-state index in [-0.39, 0.29) is 0 Å². The predicted octanol–water partition coefficient (Wildman–Crippen LogP) is 1.75. The maximum atomic E-state index is 11.6. The molecule has 0 unspecified atom stereocenters. The minimum atomic E-state index is -4.51. The average Bonchev–Trinajstić information content (AvgIpc) is 2.11. The second-order valence-electron chi connectivity index (χ2n) is 1.43. The van der Waals surface area contributed by atoms with Gasteiger partial charge in [-0.2, -0.15) is 23.3 Å². The van der Waals surface area contributed by atoms with Crippen molar-refractivity contribution in [3.05, 3.63) is 10.7 Å². The third-order valence-electron chi connectivity index (χ3n) is 0.707. The van der Waals surface area contributed by atoms with Crippen molar-refractivity contribution in [3.8, 4) is 0 Å². The fourth-order valence-corrected chi connectivity index (χ4v) is 0.483. The summed E-state index contributed by atoms with van der Waals surface area (Å²) >= 11 is 4.19. The van der Waals surface area contributed by atoms with Crippen LogP contribution in [0.15, 0.2) is 4.52 Å². The molecule has 0 saturated carbocycles. The van der Waals surface area contributed by atoms with Crippen LogP contribution < -0.4 is 0 Å². The van der Waals surface area contributed by atoms with Gasteiger partial charge in [-0.25, -0.2) is 0 Å². The lowest BCUT2D eigenvalue weighted by Crippen LogP contribution is -2.06. The summed E-state index contributed by atoms with van der Waals surface area (Å²) < 4.78 is 38.9. The number of halogens is 3. The van der Waals surface area contributed by atoms with E-state index in [1.54, 1.807) is 0 Å². The minimum Gasteiger partial charge on any atom is -0.348 e. The van der Waals surface area contributed by atoms with Gasteiger partial charge in [0.1, 0.15) is 0 Å². The molecule has 1 aromatic heterocycles. The zero-order chi connectivity index (χ0) is 7.78. The Labute approximate surface area is 57.8 Å². The molecule has 0 aromatic carbocycles. The molecule has 0 atom stereocenters. The molecule has 1 N–H and O–H groups in total. The van der Waals surface area contributed by atoms with Gasteiger partial charge in [-0.1, -0.05) is 0 Å². The molecule has 0 fully saturated rings. The monoisotopic (exact) mass is 170 g/mol. The van der Waals surface area contributed by atoms with Gasteiger partial charge in [0.2, 0.25) is 5.82 Å². The molecule has 0 radical (unpaired) electrons. The Hall–Kier alpha value is -0.850. The van der Waals surface area contributed by atoms with Crippen LogP contribution in [0.1, 0.15) is 5.82 Å². The van der Waals surface area contributed by atoms with Crippen molar-refractivity contribution in [1.29, 1.82) is 0 Å². The third kappa shape index (κ3) is 1.35. The van der Waals surface area contributed by atoms with E-state index in [9.17, 15) is 13.2 Å². The summed E-state index contributed by atoms with van der Waals surface area (Å²) in [7, 11) is 0. The van der Waals surface area contributed by atoms with Crippen molar-refractivity contribution in [2.75, 3.05) is 0 Å². The summed E-state index contributed by atoms with van der Waals surface area (Å²) in [6.07, 6.45) is -4.51. The van der Waals surface area contributed by atoms with Crippen molar-refractivity contribution in [1.82, 2.24) is 10.1 Å². The van der Waals surface area contributed by atoms with E-state index in [4.69, 9.17) is 0 Å². The van der Waals surface area contributed by atoms with Crippen molar-refractivity contribution >= 4 is 12.2 Å². The highest BCUT2D eigenvalue weighted by atomic mass is 32.1. The second-order valence-corrected chi connectivity index (χ2v) is 1.78. The van der Waals surface area contributed by atoms with Gasteiger partial charge in [0.15, 0.2) is 0 Å². The normalized spacial score (nSPS) is 11.9. The van der Waals surface area contributed by atoms with Gasteiger partial charge < -0.3 is 4.52 Å². The molecule has 10 heavy (non-hydrogen) atoms. The molecule has 0 aliphatic heterocycles. The van der Waals surface area contributed by atoms with E-state index in [1.165, 1.54) is 5.16 Å². The minimum absolute atomic E-state index is 0.452. The van der Waals surface area contributed by atoms with E-state index in [1.807, 2.05) is 0 Å². The molecule has 1 rings (SSSR count). The molecule has 0 bridgehead atoms. The van der Waals surface area contributed by atoms with Gasteiger partial charge in [0.05, 0.1) is 0 Å². The Morgan fingerprint density at radius 3 is 2.30 bits per heavy atom. The summed E-state index contributed by atoms with van der Waals surface area (Å²) in [4.78, 5) is 2.40. The van der Waals surface area contributed by atoms with E-state index >= 15 is 0 Å². The number of rotatable bonds is 0. The lowest BCUT2D eigenvalue weighted by atomic mass is 10.6. The van der Waals surface area contributed by atoms with Crippen molar-refractivity contribution in [2.24, 2.45) is 0 Å². The summed E-state index contributed by atoms with van der Waals surface area (Å²) in [5.74, 6) is -1.21. The van der Waals surface area contributed by atoms with E-state index in [0.29, 0.717) is 0 Å². The Morgan fingerprint density at radius 2 is 2.10 bits per heavy atom. The van der Waals surface area contributed by atoms with Crippen molar-refractivity contribution < 1.29 is 17.7 Å². The molecular formula is C3HF3N2OS. The zero-order valence-corrected chi connectivity index (χ0v) is 5.21. The number of nitrogens with one attached hydrogen (secondary N) is 1. The van der Waals surface area contributed by atoms with Gasteiger partial charge in [-0.15, -0.1) is 0 Å². The Balaban J connectivity index is 3.07. The van der Waals surface area contributed by atoms with E-state index in [0.717, 1.165) is 0 Å². The molecular weight excluding hydrogens is 169 g/mol. The first-order valence-electron chi connectivity index (χ1n) is 2.13. The molecule has 1 aromatic rings. The van der Waals surface area contributed by atoms with Gasteiger partial charge in [-0.05, 0) is 12.2 Å². The number of alkyl halides is 3. The first kappa shape index (κ1) is 7.26. The smallest absolute Gasteiger partial charge is 0.348 e. The van der Waals surface area contributed by atoms with Crippen LogP contribution in [0, 0.1) is 4.84 Å². The number of H-pyrrole nitrogens is 1. The van der Waals surface area contributed by atoms with Gasteiger partial charge in [0, 0.05) is 0 Å². The van der Waals surface area contributed by atoms with Gasteiger partial charge in [-0.3, -0.25) is 0 Å². The fourth-order valence-electron chi connectivity index (χ4n) is 0.350. The SMILES string of the molecule is FC(F)(F)c1nc(=S)o[nH]1. The average molecular weight is 170 g/mol. The number of hydrogen-bond donors (Lipinski definition) is 1. The van der Waals surface area contributed by atoms with Crippen LogP contribution in [0.2, 0.25) is 0 Å². The van der Waals surface area contributed by atoms with Crippen LogP contribution in [-0.4, -0.2) is 10.1 Å². The number of aromatic amines is 1. The fraction of sp³-hybridized carbons (Fsp3) is 0.333. The summed E-state index contributed by atoms with van der Waals surface area (Å²) in [5.41, 5.74) is 0. The maximum Gasteiger partial charge on any atom is 0.452 e. The molecule has 3 nitrogen and oxygen atoms in total. The highest BCUT2D eigenvalue weighted by Gasteiger charge is 2.35. The lowest BCUT2D eigenvalue weighted by molar-refractivity contribution is -0.146. The molecule has 7 heteroatoms. The Morgan fingerprint density at radius 1 is 1.50 bits per heavy atom. The first-order chi connectivity index (χ1) is 4.50. The van der Waals surface area contributed by atoms with Crippen molar-refractivity contribution in [2.45, 2.75) is 6.18 Å². The van der Waals surface area contributed by atoms with Crippen LogP contribution in [0.5, 0.6) is 0 Å². The molecule has 1 heterocycles. The van der Waals surface area contributed by atoms with Gasteiger partial charge >= 0.3 is 11.0 Å². The maximum absolute atomic E-state index is 11.6. The highest BCUT2D eigenvalue weighted by Crippen LogP contribution is 2.25. The van der Waals surface area contributed by atoms with Crippen LogP contribution in [0.4, 0.5) is 13.2 Å². The van der Waals surface area contributed by atoms with Crippen molar-refractivity contribution in [3.63, 3.8) is 0 Å². The zero-order valence-electron chi connectivity index (χ0n) is 4.40. The Kier molecular flexibility index (Phi) is 1.51. The molecule has 0 spiro atoms. The Bertz CT molecular complexity index is 274. The molecule has 0 amide bonds. The predicted molar refractivity (Wildman–Crippen MR) is 26.7 cm³/mol. The van der Waals surface area contributed by atoms with Crippen LogP contribution in [0.3, 0.4) is 0 Å². The van der Waals surface area contributed by atoms with Crippen LogP contribution >= 0.6 is 12.2 Å². The third-order valence-corrected chi connectivity index (χ3v) is 0.881. The van der Waals surface area contributed by atoms with E-state index in [2.05, 4.69) is 21.7 Å². The second kappa shape index (κ2) is 2.08. The summed E-state index contributed by atoms with van der Waals surface area (Å²) in [6, 6.07) is 0. The highest BCUT2D eigenvalue weighted by molar-refractivity contribution is 7.71. The molecule has 0 aliphatic rings. The van der Waals surface area contributed by atoms with Gasteiger partial charge in [0.25, 0.3) is 0 Å². The van der Waals surface area contributed by atoms with E-state index < -0.39 is 16.8 Å². The number of aromatic nitrogens is 2. The molecule has 0 aliphatic carbocycles. The molecule has 56 valence electrons. The largest absolute Gasteiger partial charge is 0.452 e. The lowest BCUT2D eigenvalue weighted by Gasteiger charge is -1.96. The van der Waals surface area contributed by atoms with Crippen LogP contribution in [0.25, 0.3) is 0 Å². The number of hydrogen-bond acceptors (Lipinski definition) is 3. The van der Waals surface area contributed by atoms with Crippen LogP contribution in [-0.2, 0) is 6.18 Å². The summed E-state index contributed by atoms with van der Waals surface area (Å²) in [5, 5.41) is 1.53. The first-order valence-corrected chi connectivity index (χ1v) is 2.53. The molecule has 0 saturated heterocycles.